The highest BCUT2D eigenvalue weighted by atomic mass is 19.1. The van der Waals surface area contributed by atoms with Gasteiger partial charge in [-0.05, 0) is 30.3 Å². The van der Waals surface area contributed by atoms with Crippen LogP contribution in [0.4, 0.5) is 10.1 Å². The fourth-order valence-electron chi connectivity index (χ4n) is 1.87. The van der Waals surface area contributed by atoms with Gasteiger partial charge in [0.05, 0.1) is 0 Å². The number of hydrazine groups is 1. The average Bonchev–Trinajstić information content (AvgIpc) is 2.58. The molecule has 2 N–H and O–H groups in total. The van der Waals surface area contributed by atoms with Gasteiger partial charge in [-0.15, -0.1) is 0 Å². The molecule has 0 unspecified atom stereocenters. The summed E-state index contributed by atoms with van der Waals surface area (Å²) in [5.74, 6) is -1.23. The van der Waals surface area contributed by atoms with Gasteiger partial charge >= 0.3 is 0 Å². The van der Waals surface area contributed by atoms with Crippen LogP contribution < -0.4 is 20.5 Å². The van der Waals surface area contributed by atoms with Crippen molar-refractivity contribution in [1.82, 2.24) is 10.9 Å². The molecule has 0 aliphatic rings. The van der Waals surface area contributed by atoms with Crippen LogP contribution in [0.1, 0.15) is 10.4 Å². The molecule has 0 aliphatic heterocycles. The molecule has 0 heterocycles. The number of hydrogen-bond donors (Lipinski definition) is 2. The summed E-state index contributed by atoms with van der Waals surface area (Å²) in [7, 11) is 3.73. The fraction of sp³-hybridized carbons (Fsp3) is 0.176. The van der Waals surface area contributed by atoms with Gasteiger partial charge in [-0.2, -0.15) is 0 Å². The van der Waals surface area contributed by atoms with Gasteiger partial charge in [0.2, 0.25) is 0 Å². The third-order valence-electron chi connectivity index (χ3n) is 3.11. The number of rotatable bonds is 5. The van der Waals surface area contributed by atoms with Crippen LogP contribution in [0.25, 0.3) is 0 Å². The molecule has 7 heteroatoms. The van der Waals surface area contributed by atoms with E-state index in [1.165, 1.54) is 24.3 Å². The normalized spacial score (nSPS) is 9.96. The lowest BCUT2D eigenvalue weighted by atomic mass is 10.2. The Bertz CT molecular complexity index is 735. The molecule has 0 spiro atoms. The molecule has 0 saturated heterocycles. The zero-order valence-electron chi connectivity index (χ0n) is 13.4. The van der Waals surface area contributed by atoms with E-state index in [0.717, 1.165) is 5.69 Å². The van der Waals surface area contributed by atoms with Gasteiger partial charge in [0.25, 0.3) is 11.8 Å². The molecule has 0 saturated carbocycles. The smallest absolute Gasteiger partial charge is 0.276 e. The molecule has 2 amide bonds. The van der Waals surface area contributed by atoms with Crippen LogP contribution in [0.3, 0.4) is 0 Å². The van der Waals surface area contributed by atoms with E-state index in [4.69, 9.17) is 4.74 Å². The first-order valence-electron chi connectivity index (χ1n) is 7.20. The number of carbonyl (C=O) groups is 2. The SMILES string of the molecule is CN(C)c1cccc(C(=O)NNC(=O)COc2cccc(F)c2)c1. The lowest BCUT2D eigenvalue weighted by Gasteiger charge is -2.13. The van der Waals surface area contributed by atoms with Gasteiger partial charge in [-0.1, -0.05) is 12.1 Å². The molecule has 2 rings (SSSR count). The Labute approximate surface area is 139 Å². The second-order valence-corrected chi connectivity index (χ2v) is 5.19. The van der Waals surface area contributed by atoms with Crippen molar-refractivity contribution >= 4 is 17.5 Å². The average molecular weight is 331 g/mol. The summed E-state index contributed by atoms with van der Waals surface area (Å²) in [5.41, 5.74) is 5.82. The maximum atomic E-state index is 13.0. The van der Waals surface area contributed by atoms with E-state index in [0.29, 0.717) is 5.56 Å². The van der Waals surface area contributed by atoms with Crippen LogP contribution in [0.5, 0.6) is 5.75 Å². The van der Waals surface area contributed by atoms with Gasteiger partial charge in [0, 0.05) is 31.4 Å². The van der Waals surface area contributed by atoms with E-state index in [9.17, 15) is 14.0 Å². The minimum atomic E-state index is -0.559. The number of halogens is 1. The van der Waals surface area contributed by atoms with E-state index in [2.05, 4.69) is 10.9 Å². The summed E-state index contributed by atoms with van der Waals surface area (Å²) in [6.45, 7) is -0.346. The number of amides is 2. The molecule has 0 aromatic heterocycles. The number of benzene rings is 2. The summed E-state index contributed by atoms with van der Waals surface area (Å²) in [4.78, 5) is 25.5. The Hall–Kier alpha value is -3.09. The second-order valence-electron chi connectivity index (χ2n) is 5.19. The largest absolute Gasteiger partial charge is 0.484 e. The maximum absolute atomic E-state index is 13.0. The van der Waals surface area contributed by atoms with Crippen molar-refractivity contribution in [2.75, 3.05) is 25.6 Å². The highest BCUT2D eigenvalue weighted by Crippen LogP contribution is 2.13. The van der Waals surface area contributed by atoms with Crippen molar-refractivity contribution in [2.45, 2.75) is 0 Å². The summed E-state index contributed by atoms with van der Waals surface area (Å²) in [5, 5.41) is 0. The fourth-order valence-corrected chi connectivity index (χ4v) is 1.87. The zero-order valence-corrected chi connectivity index (χ0v) is 13.4. The van der Waals surface area contributed by atoms with Gasteiger partial charge < -0.3 is 9.64 Å². The lowest BCUT2D eigenvalue weighted by molar-refractivity contribution is -0.123. The van der Waals surface area contributed by atoms with Gasteiger partial charge in [-0.3, -0.25) is 20.4 Å². The Kier molecular flexibility index (Phi) is 5.73. The first-order chi connectivity index (χ1) is 11.5. The van der Waals surface area contributed by atoms with Crippen molar-refractivity contribution in [3.05, 3.63) is 59.9 Å². The number of nitrogens with one attached hydrogen (secondary N) is 2. The van der Waals surface area contributed by atoms with E-state index < -0.39 is 17.6 Å². The minimum absolute atomic E-state index is 0.232. The molecule has 126 valence electrons. The van der Waals surface area contributed by atoms with Crippen LogP contribution in [0.2, 0.25) is 0 Å². The van der Waals surface area contributed by atoms with Crippen LogP contribution in [-0.2, 0) is 4.79 Å². The molecule has 2 aromatic rings. The van der Waals surface area contributed by atoms with E-state index in [1.54, 1.807) is 18.2 Å². The summed E-state index contributed by atoms with van der Waals surface area (Å²) in [6, 6.07) is 12.4. The van der Waals surface area contributed by atoms with Crippen LogP contribution in [-0.4, -0.2) is 32.5 Å². The molecule has 6 nitrogen and oxygen atoms in total. The van der Waals surface area contributed by atoms with Crippen molar-refractivity contribution < 1.29 is 18.7 Å². The van der Waals surface area contributed by atoms with Crippen molar-refractivity contribution in [1.29, 1.82) is 0 Å². The number of nitrogens with zero attached hydrogens (tertiary/aromatic N) is 1. The molecule has 0 aliphatic carbocycles. The summed E-state index contributed by atoms with van der Waals surface area (Å²) >= 11 is 0. The third-order valence-corrected chi connectivity index (χ3v) is 3.11. The van der Waals surface area contributed by atoms with Crippen molar-refractivity contribution in [3.63, 3.8) is 0 Å². The number of anilines is 1. The van der Waals surface area contributed by atoms with E-state index >= 15 is 0 Å². The standard InChI is InChI=1S/C17H18FN3O3/c1-21(2)14-7-3-5-12(9-14)17(23)20-19-16(22)11-24-15-8-4-6-13(18)10-15/h3-10H,11H2,1-2H3,(H,19,22)(H,20,23). The number of ether oxygens (including phenoxy) is 1. The van der Waals surface area contributed by atoms with E-state index in [1.807, 2.05) is 25.1 Å². The lowest BCUT2D eigenvalue weighted by Crippen LogP contribution is -2.43. The van der Waals surface area contributed by atoms with Gasteiger partial charge in [0.15, 0.2) is 6.61 Å². The van der Waals surface area contributed by atoms with Gasteiger partial charge in [-0.25, -0.2) is 4.39 Å². The van der Waals surface area contributed by atoms with E-state index in [-0.39, 0.29) is 12.4 Å². The topological polar surface area (TPSA) is 70.7 Å². The number of carbonyl (C=O) groups excluding carboxylic acids is 2. The highest BCUT2D eigenvalue weighted by molar-refractivity contribution is 5.96. The molecule has 0 bridgehead atoms. The number of hydrogen-bond acceptors (Lipinski definition) is 4. The molecule has 0 atom stereocenters. The second kappa shape index (κ2) is 7.96. The van der Waals surface area contributed by atoms with Crippen LogP contribution in [0, 0.1) is 5.82 Å². The van der Waals surface area contributed by atoms with Crippen LogP contribution >= 0.6 is 0 Å². The molecule has 24 heavy (non-hydrogen) atoms. The predicted molar refractivity (Wildman–Crippen MR) is 88.3 cm³/mol. The minimum Gasteiger partial charge on any atom is -0.484 e. The first kappa shape index (κ1) is 17.3. The van der Waals surface area contributed by atoms with Crippen molar-refractivity contribution in [3.8, 4) is 5.75 Å². The Morgan fingerprint density at radius 1 is 1.08 bits per heavy atom. The quantitative estimate of drug-likeness (QED) is 0.819. The van der Waals surface area contributed by atoms with Crippen molar-refractivity contribution in [2.24, 2.45) is 0 Å². The first-order valence-corrected chi connectivity index (χ1v) is 7.20. The Balaban J connectivity index is 1.83. The molecular formula is C17H18FN3O3. The monoisotopic (exact) mass is 331 g/mol. The Morgan fingerprint density at radius 3 is 2.54 bits per heavy atom. The molecule has 0 fully saturated rings. The third kappa shape index (κ3) is 4.98. The van der Waals surface area contributed by atoms with Crippen LogP contribution in [0.15, 0.2) is 48.5 Å². The molecular weight excluding hydrogens is 313 g/mol. The maximum Gasteiger partial charge on any atom is 0.276 e. The summed E-state index contributed by atoms with van der Waals surface area (Å²) in [6.07, 6.45) is 0. The molecule has 2 aromatic carbocycles. The van der Waals surface area contributed by atoms with Gasteiger partial charge in [0.1, 0.15) is 11.6 Å². The predicted octanol–water partition coefficient (Wildman–Crippen LogP) is 1.73. The Morgan fingerprint density at radius 2 is 1.83 bits per heavy atom. The highest BCUT2D eigenvalue weighted by Gasteiger charge is 2.09. The molecule has 0 radical (unpaired) electrons. The zero-order chi connectivity index (χ0) is 17.5. The summed E-state index contributed by atoms with van der Waals surface area (Å²) < 4.78 is 18.1.